The van der Waals surface area contributed by atoms with Gasteiger partial charge in [-0.05, 0) is 32.1 Å². The summed E-state index contributed by atoms with van der Waals surface area (Å²) in [5, 5.41) is 8.89. The Kier molecular flexibility index (Phi) is 6.36. The van der Waals surface area contributed by atoms with Crippen LogP contribution in [0.5, 0.6) is 0 Å². The van der Waals surface area contributed by atoms with Crippen LogP contribution in [0.4, 0.5) is 0 Å². The van der Waals surface area contributed by atoms with Crippen molar-refractivity contribution >= 4 is 5.91 Å². The molecule has 0 spiro atoms. The van der Waals surface area contributed by atoms with Gasteiger partial charge in [0, 0.05) is 13.5 Å². The highest BCUT2D eigenvalue weighted by atomic mass is 16.5. The van der Waals surface area contributed by atoms with E-state index in [1.165, 1.54) is 0 Å². The maximum atomic E-state index is 11.4. The van der Waals surface area contributed by atoms with Crippen LogP contribution in [-0.2, 0) is 9.53 Å². The van der Waals surface area contributed by atoms with Gasteiger partial charge in [0.1, 0.15) is 6.23 Å². The molecular weight excluding hydrogens is 230 g/mol. The van der Waals surface area contributed by atoms with Crippen molar-refractivity contribution in [3.8, 4) is 0 Å². The number of carbonyl (C=O) groups is 1. The summed E-state index contributed by atoms with van der Waals surface area (Å²) >= 11 is 0. The van der Waals surface area contributed by atoms with E-state index in [9.17, 15) is 4.79 Å². The van der Waals surface area contributed by atoms with Crippen LogP contribution in [0, 0.1) is 5.92 Å². The number of amides is 1. The molecule has 1 amide bonds. The zero-order chi connectivity index (χ0) is 13.5. The smallest absolute Gasteiger partial charge is 0.221 e. The summed E-state index contributed by atoms with van der Waals surface area (Å²) in [7, 11) is 0. The van der Waals surface area contributed by atoms with Crippen molar-refractivity contribution in [1.29, 1.82) is 0 Å². The molecule has 1 saturated heterocycles. The van der Waals surface area contributed by atoms with Gasteiger partial charge in [0.25, 0.3) is 0 Å². The molecule has 2 unspecified atom stereocenters. The van der Waals surface area contributed by atoms with E-state index in [1.54, 1.807) is 6.92 Å². The second-order valence-corrected chi connectivity index (χ2v) is 5.16. The number of rotatable bonds is 6. The summed E-state index contributed by atoms with van der Waals surface area (Å²) in [4.78, 5) is 13.2. The third kappa shape index (κ3) is 4.78. The summed E-state index contributed by atoms with van der Waals surface area (Å²) < 4.78 is 5.60. The Morgan fingerprint density at radius 2 is 2.28 bits per heavy atom. The van der Waals surface area contributed by atoms with Crippen molar-refractivity contribution < 1.29 is 14.6 Å². The monoisotopic (exact) mass is 255 g/mol. The van der Waals surface area contributed by atoms with Crippen molar-refractivity contribution in [3.63, 3.8) is 0 Å². The Balaban J connectivity index is 2.31. The number of aliphatic hydroxyl groups is 1. The summed E-state index contributed by atoms with van der Waals surface area (Å²) in [6, 6.07) is 0. The zero-order valence-corrected chi connectivity index (χ0v) is 11.7. The van der Waals surface area contributed by atoms with Crippen LogP contribution in [0.2, 0.25) is 0 Å². The lowest BCUT2D eigenvalue weighted by atomic mass is 9.99. The predicted molar refractivity (Wildman–Crippen MR) is 71.0 cm³/mol. The Bertz CT molecular complexity index is 301. The standard InChI is InChI=1S/C14H25NO3/c1-11(5-4-6-12(2)10-16)9-14-15(13(3)17)7-8-18-14/h6,11,14,16H,4-5,7-10H2,1-3H3/b12-6+. The van der Waals surface area contributed by atoms with Crippen LogP contribution in [-0.4, -0.2) is 41.9 Å². The van der Waals surface area contributed by atoms with E-state index < -0.39 is 0 Å². The van der Waals surface area contributed by atoms with Gasteiger partial charge in [0.2, 0.25) is 5.91 Å². The highest BCUT2D eigenvalue weighted by molar-refractivity contribution is 5.73. The minimum Gasteiger partial charge on any atom is -0.392 e. The Morgan fingerprint density at radius 1 is 1.56 bits per heavy atom. The number of ether oxygens (including phenoxy) is 1. The molecule has 104 valence electrons. The first-order valence-corrected chi connectivity index (χ1v) is 6.70. The van der Waals surface area contributed by atoms with Gasteiger partial charge in [-0.15, -0.1) is 0 Å². The summed E-state index contributed by atoms with van der Waals surface area (Å²) in [5.74, 6) is 0.610. The van der Waals surface area contributed by atoms with Gasteiger partial charge in [0.15, 0.2) is 0 Å². The van der Waals surface area contributed by atoms with Crippen LogP contribution in [0.3, 0.4) is 0 Å². The lowest BCUT2D eigenvalue weighted by molar-refractivity contribution is -0.134. The van der Waals surface area contributed by atoms with E-state index in [4.69, 9.17) is 9.84 Å². The number of nitrogens with zero attached hydrogens (tertiary/aromatic N) is 1. The number of allylic oxidation sites excluding steroid dienone is 1. The van der Waals surface area contributed by atoms with Crippen molar-refractivity contribution in [2.45, 2.75) is 46.3 Å². The molecule has 0 radical (unpaired) electrons. The molecule has 1 N–H and O–H groups in total. The largest absolute Gasteiger partial charge is 0.392 e. The first-order valence-electron chi connectivity index (χ1n) is 6.70. The fourth-order valence-corrected chi connectivity index (χ4v) is 2.22. The van der Waals surface area contributed by atoms with Gasteiger partial charge in [-0.3, -0.25) is 4.79 Å². The van der Waals surface area contributed by atoms with Gasteiger partial charge in [-0.25, -0.2) is 0 Å². The van der Waals surface area contributed by atoms with E-state index in [1.807, 2.05) is 11.8 Å². The normalized spacial score (nSPS) is 22.3. The van der Waals surface area contributed by atoms with E-state index in [0.717, 1.165) is 31.4 Å². The SMILES string of the molecule is CC(=O)N1CCOC1CC(C)CC/C=C(\C)CO. The summed E-state index contributed by atoms with van der Waals surface area (Å²) in [6.45, 7) is 7.22. The van der Waals surface area contributed by atoms with Gasteiger partial charge in [-0.2, -0.15) is 0 Å². The summed E-state index contributed by atoms with van der Waals surface area (Å²) in [6.07, 6.45) is 4.96. The molecular formula is C14H25NO3. The third-order valence-electron chi connectivity index (χ3n) is 3.40. The van der Waals surface area contributed by atoms with Crippen LogP contribution >= 0.6 is 0 Å². The van der Waals surface area contributed by atoms with Gasteiger partial charge >= 0.3 is 0 Å². The molecule has 18 heavy (non-hydrogen) atoms. The second-order valence-electron chi connectivity index (χ2n) is 5.16. The zero-order valence-electron chi connectivity index (χ0n) is 11.7. The molecule has 2 atom stereocenters. The highest BCUT2D eigenvalue weighted by Gasteiger charge is 2.28. The van der Waals surface area contributed by atoms with Crippen LogP contribution in [0.25, 0.3) is 0 Å². The van der Waals surface area contributed by atoms with Gasteiger partial charge in [-0.1, -0.05) is 18.6 Å². The molecule has 1 aliphatic heterocycles. The second kappa shape index (κ2) is 7.54. The summed E-state index contributed by atoms with van der Waals surface area (Å²) in [5.41, 5.74) is 1.02. The number of carbonyl (C=O) groups excluding carboxylic acids is 1. The average molecular weight is 255 g/mol. The van der Waals surface area contributed by atoms with Gasteiger partial charge < -0.3 is 14.7 Å². The van der Waals surface area contributed by atoms with E-state index in [-0.39, 0.29) is 18.7 Å². The van der Waals surface area contributed by atoms with E-state index in [0.29, 0.717) is 12.5 Å². The maximum Gasteiger partial charge on any atom is 0.221 e. The predicted octanol–water partition coefficient (Wildman–Crippen LogP) is 1.94. The molecule has 1 heterocycles. The van der Waals surface area contributed by atoms with Crippen molar-refractivity contribution in [2.75, 3.05) is 19.8 Å². The topological polar surface area (TPSA) is 49.8 Å². The molecule has 1 rings (SSSR count). The Labute approximate surface area is 110 Å². The van der Waals surface area contributed by atoms with Crippen LogP contribution in [0.15, 0.2) is 11.6 Å². The molecule has 0 aromatic heterocycles. The van der Waals surface area contributed by atoms with Crippen LogP contribution < -0.4 is 0 Å². The molecule has 0 aliphatic carbocycles. The van der Waals surface area contributed by atoms with Gasteiger partial charge in [0.05, 0.1) is 13.2 Å². The molecule has 0 aromatic carbocycles. The molecule has 1 fully saturated rings. The molecule has 1 aliphatic rings. The van der Waals surface area contributed by atoms with Crippen molar-refractivity contribution in [1.82, 2.24) is 4.90 Å². The Morgan fingerprint density at radius 3 is 2.89 bits per heavy atom. The lowest BCUT2D eigenvalue weighted by Gasteiger charge is -2.24. The minimum absolute atomic E-state index is 0.0413. The fraction of sp³-hybridized carbons (Fsp3) is 0.786. The van der Waals surface area contributed by atoms with E-state index >= 15 is 0 Å². The maximum absolute atomic E-state index is 11.4. The highest BCUT2D eigenvalue weighted by Crippen LogP contribution is 2.21. The van der Waals surface area contributed by atoms with Crippen molar-refractivity contribution in [2.24, 2.45) is 5.92 Å². The molecule has 0 aromatic rings. The van der Waals surface area contributed by atoms with E-state index in [2.05, 4.69) is 13.0 Å². The molecule has 4 nitrogen and oxygen atoms in total. The number of hydrogen-bond acceptors (Lipinski definition) is 3. The molecule has 0 saturated carbocycles. The quantitative estimate of drug-likeness (QED) is 0.738. The van der Waals surface area contributed by atoms with Crippen molar-refractivity contribution in [3.05, 3.63) is 11.6 Å². The molecule has 0 bridgehead atoms. The number of aliphatic hydroxyl groups excluding tert-OH is 1. The number of hydrogen-bond donors (Lipinski definition) is 1. The fourth-order valence-electron chi connectivity index (χ4n) is 2.22. The Hall–Kier alpha value is -0.870. The molecule has 4 heteroatoms. The first-order chi connectivity index (χ1) is 8.54. The average Bonchev–Trinajstić information content (AvgIpc) is 2.76. The first kappa shape index (κ1) is 15.2. The van der Waals surface area contributed by atoms with Crippen LogP contribution in [0.1, 0.15) is 40.0 Å². The lowest BCUT2D eigenvalue weighted by Crippen LogP contribution is -2.35. The third-order valence-corrected chi connectivity index (χ3v) is 3.40. The minimum atomic E-state index is -0.0413.